The number of aromatic hydroxyl groups is 1. The number of phenols is 1. The molecule has 0 amide bonds. The molecule has 0 spiro atoms. The maximum Gasteiger partial charge on any atom is 0.130 e. The van der Waals surface area contributed by atoms with Gasteiger partial charge in [0.1, 0.15) is 17.9 Å². The zero-order valence-electron chi connectivity index (χ0n) is 15.8. The van der Waals surface area contributed by atoms with Gasteiger partial charge in [0.25, 0.3) is 0 Å². The van der Waals surface area contributed by atoms with Gasteiger partial charge in [0.15, 0.2) is 0 Å². The number of allylic oxidation sites excluding steroid dienone is 1. The van der Waals surface area contributed by atoms with Crippen LogP contribution in [0.25, 0.3) is 5.57 Å². The summed E-state index contributed by atoms with van der Waals surface area (Å²) >= 11 is 3.46. The molecule has 150 valence electrons. The first-order chi connectivity index (χ1) is 13.1. The zero-order valence-corrected chi connectivity index (χ0v) is 18.2. The first kappa shape index (κ1) is 22.7. The van der Waals surface area contributed by atoms with Crippen molar-refractivity contribution in [2.24, 2.45) is 0 Å². The Hall–Kier alpha value is -1.63. The first-order valence-corrected chi connectivity index (χ1v) is 11.1. The highest BCUT2D eigenvalue weighted by molar-refractivity contribution is 7.08. The molecule has 28 heavy (non-hydrogen) atoms. The van der Waals surface area contributed by atoms with Gasteiger partial charge in [-0.25, -0.2) is 0 Å². The average Bonchev–Trinajstić information content (AvgIpc) is 3.38. The van der Waals surface area contributed by atoms with Crippen LogP contribution >= 0.6 is 22.7 Å². The standard InChI is InChI=1S/C22H25NO2S2.ClH/c1-16(22(25)17-5-7-20(24)8-6-17)23-11-3-2-4-21(18-9-12-26-14-18)19-10-13-27-15-19;/h4-10,12-16,22-25H,2-3,11H2,1H3;1H. The van der Waals surface area contributed by atoms with Crippen LogP contribution in [0.2, 0.25) is 0 Å². The molecule has 6 heteroatoms. The van der Waals surface area contributed by atoms with E-state index in [2.05, 4.69) is 45.0 Å². The monoisotopic (exact) mass is 435 g/mol. The second-order valence-electron chi connectivity index (χ2n) is 6.70. The molecule has 3 aromatic rings. The molecule has 2 atom stereocenters. The lowest BCUT2D eigenvalue weighted by atomic mass is 10.0. The molecule has 4 N–H and O–H groups in total. The molecule has 2 unspecified atom stereocenters. The number of phenolic OH excluding ortho intramolecular Hbond substituents is 1. The minimum Gasteiger partial charge on any atom is -1.00 e. The average molecular weight is 436 g/mol. The summed E-state index contributed by atoms with van der Waals surface area (Å²) in [5.41, 5.74) is 4.74. The fourth-order valence-electron chi connectivity index (χ4n) is 3.09. The van der Waals surface area contributed by atoms with Crippen LogP contribution in [-0.4, -0.2) is 22.8 Å². The minimum atomic E-state index is -0.534. The largest absolute Gasteiger partial charge is 1.00 e. The summed E-state index contributed by atoms with van der Waals surface area (Å²) in [6.07, 6.45) is 3.87. The molecule has 0 fully saturated rings. The Morgan fingerprint density at radius 2 is 1.64 bits per heavy atom. The van der Waals surface area contributed by atoms with Crippen molar-refractivity contribution in [1.29, 1.82) is 0 Å². The summed E-state index contributed by atoms with van der Waals surface area (Å²) in [6.45, 7) is 3.00. The molecule has 0 radical (unpaired) electrons. The van der Waals surface area contributed by atoms with Gasteiger partial charge in [0, 0.05) is 0 Å². The molecule has 0 bridgehead atoms. The van der Waals surface area contributed by atoms with Crippen LogP contribution in [-0.2, 0) is 0 Å². The third-order valence-corrected chi connectivity index (χ3v) is 6.06. The Labute approximate surface area is 180 Å². The molecule has 0 saturated carbocycles. The van der Waals surface area contributed by atoms with Gasteiger partial charge in [0.2, 0.25) is 0 Å². The van der Waals surface area contributed by atoms with E-state index in [0.717, 1.165) is 24.9 Å². The second kappa shape index (κ2) is 11.4. The molecule has 0 aliphatic carbocycles. The third-order valence-electron chi connectivity index (χ3n) is 4.69. The highest BCUT2D eigenvalue weighted by Crippen LogP contribution is 2.27. The lowest BCUT2D eigenvalue weighted by Gasteiger charge is -2.17. The van der Waals surface area contributed by atoms with Gasteiger partial charge < -0.3 is 27.9 Å². The molecule has 3 rings (SSSR count). The number of halogens is 1. The fourth-order valence-corrected chi connectivity index (χ4v) is 4.40. The Bertz CT molecular complexity index is 794. The quantitative estimate of drug-likeness (QED) is 0.445. The van der Waals surface area contributed by atoms with E-state index in [0.29, 0.717) is 0 Å². The van der Waals surface area contributed by atoms with Crippen LogP contribution in [0.3, 0.4) is 0 Å². The van der Waals surface area contributed by atoms with Crippen molar-refractivity contribution < 1.29 is 27.9 Å². The number of hydrogen-bond donors (Lipinski definition) is 3. The van der Waals surface area contributed by atoms with E-state index in [1.165, 1.54) is 16.7 Å². The number of nitrogens with two attached hydrogens (primary N) is 1. The summed E-state index contributed by atoms with van der Waals surface area (Å²) in [5.74, 6) is 0.224. The number of rotatable bonds is 9. The number of hydrogen-bond acceptors (Lipinski definition) is 4. The van der Waals surface area contributed by atoms with Gasteiger partial charge in [-0.3, -0.25) is 0 Å². The van der Waals surface area contributed by atoms with Crippen molar-refractivity contribution >= 4 is 28.2 Å². The predicted molar refractivity (Wildman–Crippen MR) is 114 cm³/mol. The summed E-state index contributed by atoms with van der Waals surface area (Å²) in [6, 6.07) is 11.2. The van der Waals surface area contributed by atoms with Gasteiger partial charge in [-0.2, -0.15) is 22.7 Å². The van der Waals surface area contributed by atoms with Crippen molar-refractivity contribution in [1.82, 2.24) is 0 Å². The number of aliphatic hydroxyl groups excluding tert-OH is 1. The highest BCUT2D eigenvalue weighted by atomic mass is 35.5. The molecule has 0 saturated heterocycles. The Kier molecular flexibility index (Phi) is 9.22. The van der Waals surface area contributed by atoms with Crippen LogP contribution < -0.4 is 17.7 Å². The Morgan fingerprint density at radius 1 is 1.04 bits per heavy atom. The van der Waals surface area contributed by atoms with Gasteiger partial charge in [-0.15, -0.1) is 0 Å². The molecule has 1 aromatic carbocycles. The zero-order chi connectivity index (χ0) is 19.1. The van der Waals surface area contributed by atoms with Crippen molar-refractivity contribution in [3.8, 4) is 5.75 Å². The lowest BCUT2D eigenvalue weighted by Crippen LogP contribution is -3.00. The van der Waals surface area contributed by atoms with E-state index in [1.54, 1.807) is 46.9 Å². The smallest absolute Gasteiger partial charge is 0.130 e. The van der Waals surface area contributed by atoms with Crippen LogP contribution in [0.5, 0.6) is 5.75 Å². The van der Waals surface area contributed by atoms with Crippen molar-refractivity contribution in [2.45, 2.75) is 31.9 Å². The van der Waals surface area contributed by atoms with E-state index >= 15 is 0 Å². The van der Waals surface area contributed by atoms with E-state index in [1.807, 2.05) is 6.92 Å². The number of unbranched alkanes of at least 4 members (excludes halogenated alkanes) is 1. The fraction of sp³-hybridized carbons (Fsp3) is 0.273. The van der Waals surface area contributed by atoms with Crippen LogP contribution in [0.4, 0.5) is 0 Å². The summed E-state index contributed by atoms with van der Waals surface area (Å²) < 4.78 is 0. The maximum atomic E-state index is 10.5. The Balaban J connectivity index is 0.00000280. The number of aliphatic hydroxyl groups is 1. The number of benzene rings is 1. The second-order valence-corrected chi connectivity index (χ2v) is 8.26. The molecular weight excluding hydrogens is 410 g/mol. The summed E-state index contributed by atoms with van der Waals surface area (Å²) in [7, 11) is 0. The summed E-state index contributed by atoms with van der Waals surface area (Å²) in [5, 5.41) is 30.7. The summed E-state index contributed by atoms with van der Waals surface area (Å²) in [4.78, 5) is 0. The molecular formula is C22H26ClNO2S2. The number of thiophene rings is 2. The van der Waals surface area contributed by atoms with E-state index < -0.39 is 6.10 Å². The first-order valence-electron chi connectivity index (χ1n) is 9.21. The van der Waals surface area contributed by atoms with Crippen molar-refractivity contribution in [3.05, 3.63) is 80.7 Å². The van der Waals surface area contributed by atoms with Crippen LogP contribution in [0.15, 0.2) is 64.0 Å². The predicted octanol–water partition coefficient (Wildman–Crippen LogP) is 1.42. The number of quaternary nitrogens is 1. The van der Waals surface area contributed by atoms with E-state index in [4.69, 9.17) is 0 Å². The highest BCUT2D eigenvalue weighted by Gasteiger charge is 2.18. The third kappa shape index (κ3) is 6.19. The van der Waals surface area contributed by atoms with E-state index in [-0.39, 0.29) is 24.2 Å². The van der Waals surface area contributed by atoms with Crippen LogP contribution in [0, 0.1) is 0 Å². The normalized spacial score (nSPS) is 12.8. The lowest BCUT2D eigenvalue weighted by molar-refractivity contribution is -0.694. The maximum absolute atomic E-state index is 10.5. The topological polar surface area (TPSA) is 57.1 Å². The van der Waals surface area contributed by atoms with Crippen molar-refractivity contribution in [3.63, 3.8) is 0 Å². The SMILES string of the molecule is CC([NH2+]CCCC=C(c1ccsc1)c1ccsc1)C(O)c1ccc(O)cc1.[Cl-]. The van der Waals surface area contributed by atoms with Crippen LogP contribution in [0.1, 0.15) is 42.6 Å². The Morgan fingerprint density at radius 3 is 2.18 bits per heavy atom. The van der Waals surface area contributed by atoms with E-state index in [9.17, 15) is 10.2 Å². The molecule has 0 aliphatic heterocycles. The molecule has 3 nitrogen and oxygen atoms in total. The van der Waals surface area contributed by atoms with Crippen molar-refractivity contribution in [2.75, 3.05) is 6.54 Å². The molecule has 0 aliphatic rings. The molecule has 2 heterocycles. The van der Waals surface area contributed by atoms with Gasteiger partial charge in [-0.1, -0.05) is 18.2 Å². The van der Waals surface area contributed by atoms with Gasteiger partial charge >= 0.3 is 0 Å². The van der Waals surface area contributed by atoms with Gasteiger partial charge in [0.05, 0.1) is 6.54 Å². The molecule has 2 aromatic heterocycles. The van der Waals surface area contributed by atoms with Gasteiger partial charge in [-0.05, 0) is 87.8 Å². The minimum absolute atomic E-state index is 0.